The van der Waals surface area contributed by atoms with E-state index in [0.29, 0.717) is 41.1 Å². The van der Waals surface area contributed by atoms with Crippen molar-refractivity contribution < 1.29 is 23.9 Å². The molecule has 1 N–H and O–H groups in total. The average Bonchev–Trinajstić information content (AvgIpc) is 3.20. The van der Waals surface area contributed by atoms with E-state index in [9.17, 15) is 14.4 Å². The molecule has 3 aromatic rings. The van der Waals surface area contributed by atoms with Crippen LogP contribution in [0, 0.1) is 0 Å². The molecule has 1 aromatic heterocycles. The van der Waals surface area contributed by atoms with Crippen molar-refractivity contribution in [2.45, 2.75) is 19.8 Å². The molecule has 0 saturated heterocycles. The monoisotopic (exact) mass is 413 g/mol. The molecule has 0 saturated carbocycles. The Bertz CT molecular complexity index is 1020. The topological polar surface area (TPSA) is 107 Å². The van der Waals surface area contributed by atoms with E-state index >= 15 is 0 Å². The van der Waals surface area contributed by atoms with Gasteiger partial charge in [-0.3, -0.25) is 14.4 Å². The fraction of sp³-hybridized carbons (Fsp3) is 0.250. The summed E-state index contributed by atoms with van der Waals surface area (Å²) in [5.74, 6) is -0.318. The summed E-state index contributed by atoms with van der Waals surface area (Å²) in [6, 6.07) is 12.1. The van der Waals surface area contributed by atoms with E-state index in [1.165, 1.54) is 6.92 Å². The highest BCUT2D eigenvalue weighted by atomic mass is 32.1. The first-order valence-corrected chi connectivity index (χ1v) is 9.66. The van der Waals surface area contributed by atoms with Crippen molar-refractivity contribution in [3.63, 3.8) is 0 Å². The molecule has 1 amide bonds. The van der Waals surface area contributed by atoms with Gasteiger partial charge >= 0.3 is 5.97 Å². The molecule has 9 heteroatoms. The molecule has 0 aliphatic heterocycles. The lowest BCUT2D eigenvalue weighted by Crippen LogP contribution is -2.21. The molecule has 0 spiro atoms. The van der Waals surface area contributed by atoms with Crippen molar-refractivity contribution in [1.82, 2.24) is 8.75 Å². The Morgan fingerprint density at radius 2 is 1.86 bits per heavy atom. The Balaban J connectivity index is 1.35. The SMILES string of the molecule is CC(=O)c1ccc(OCCCC(=O)OCC(=O)Nc2cccc3nsnc23)cc1. The molecule has 0 atom stereocenters. The molecule has 0 radical (unpaired) electrons. The van der Waals surface area contributed by atoms with E-state index < -0.39 is 11.9 Å². The molecule has 29 heavy (non-hydrogen) atoms. The van der Waals surface area contributed by atoms with E-state index in [0.717, 1.165) is 11.7 Å². The predicted octanol–water partition coefficient (Wildman–Crippen LogP) is 3.23. The maximum Gasteiger partial charge on any atom is 0.306 e. The number of carbonyl (C=O) groups is 3. The molecule has 0 aliphatic carbocycles. The normalized spacial score (nSPS) is 10.5. The number of anilines is 1. The molecule has 8 nitrogen and oxygen atoms in total. The zero-order valence-corrected chi connectivity index (χ0v) is 16.5. The zero-order valence-electron chi connectivity index (χ0n) is 15.7. The number of fused-ring (bicyclic) bond motifs is 1. The summed E-state index contributed by atoms with van der Waals surface area (Å²) in [6.07, 6.45) is 0.573. The summed E-state index contributed by atoms with van der Waals surface area (Å²) in [7, 11) is 0. The molecule has 150 valence electrons. The van der Waals surface area contributed by atoms with Crippen LogP contribution in [-0.4, -0.2) is 39.6 Å². The average molecular weight is 413 g/mol. The van der Waals surface area contributed by atoms with Gasteiger partial charge in [0.25, 0.3) is 5.91 Å². The molecular formula is C20H19N3O5S. The lowest BCUT2D eigenvalue weighted by molar-refractivity contribution is -0.147. The van der Waals surface area contributed by atoms with Gasteiger partial charge in [-0.1, -0.05) is 6.07 Å². The second-order valence-electron chi connectivity index (χ2n) is 6.18. The van der Waals surface area contributed by atoms with E-state index in [-0.39, 0.29) is 18.8 Å². The number of carbonyl (C=O) groups excluding carboxylic acids is 3. The first-order chi connectivity index (χ1) is 14.0. The zero-order chi connectivity index (χ0) is 20.6. The van der Waals surface area contributed by atoms with Gasteiger partial charge in [0.1, 0.15) is 16.8 Å². The number of rotatable bonds is 9. The van der Waals surface area contributed by atoms with Crippen LogP contribution in [-0.2, 0) is 14.3 Å². The Morgan fingerprint density at radius 1 is 1.07 bits per heavy atom. The molecular weight excluding hydrogens is 394 g/mol. The first kappa shape index (κ1) is 20.4. The number of ether oxygens (including phenoxy) is 2. The molecule has 0 bridgehead atoms. The minimum Gasteiger partial charge on any atom is -0.494 e. The van der Waals surface area contributed by atoms with Crippen LogP contribution in [0.15, 0.2) is 42.5 Å². The van der Waals surface area contributed by atoms with Gasteiger partial charge in [0, 0.05) is 12.0 Å². The van der Waals surface area contributed by atoms with Gasteiger partial charge in [-0.25, -0.2) is 0 Å². The van der Waals surface area contributed by atoms with Gasteiger partial charge in [0.2, 0.25) is 0 Å². The number of ketones is 1. The van der Waals surface area contributed by atoms with Crippen LogP contribution in [0.1, 0.15) is 30.1 Å². The second-order valence-corrected chi connectivity index (χ2v) is 6.71. The molecule has 0 aliphatic rings. The standard InChI is InChI=1S/C20H19N3O5S/c1-13(24)14-7-9-15(10-8-14)27-11-3-6-19(26)28-12-18(25)21-16-4-2-5-17-20(16)23-29-22-17/h2,4-5,7-10H,3,6,11-12H2,1H3,(H,21,25). The van der Waals surface area contributed by atoms with Gasteiger partial charge in [0.15, 0.2) is 12.4 Å². The van der Waals surface area contributed by atoms with Crippen LogP contribution in [0.2, 0.25) is 0 Å². The highest BCUT2D eigenvalue weighted by Gasteiger charge is 2.11. The van der Waals surface area contributed by atoms with Crippen LogP contribution < -0.4 is 10.1 Å². The number of nitrogens with zero attached hydrogens (tertiary/aromatic N) is 2. The van der Waals surface area contributed by atoms with Gasteiger partial charge in [-0.2, -0.15) is 8.75 Å². The highest BCUT2D eigenvalue weighted by Crippen LogP contribution is 2.21. The lowest BCUT2D eigenvalue weighted by Gasteiger charge is -2.08. The van der Waals surface area contributed by atoms with Gasteiger partial charge in [-0.15, -0.1) is 0 Å². The number of benzene rings is 2. The Labute approximate surface area is 171 Å². The van der Waals surface area contributed by atoms with Crippen LogP contribution in [0.3, 0.4) is 0 Å². The van der Waals surface area contributed by atoms with E-state index in [1.54, 1.807) is 42.5 Å². The van der Waals surface area contributed by atoms with Crippen molar-refractivity contribution >= 4 is 46.1 Å². The van der Waals surface area contributed by atoms with Gasteiger partial charge in [0.05, 0.1) is 24.0 Å². The fourth-order valence-electron chi connectivity index (χ4n) is 2.50. The number of aromatic nitrogens is 2. The minimum atomic E-state index is -0.482. The largest absolute Gasteiger partial charge is 0.494 e. The van der Waals surface area contributed by atoms with Crippen molar-refractivity contribution in [3.05, 3.63) is 48.0 Å². The van der Waals surface area contributed by atoms with Gasteiger partial charge in [-0.05, 0) is 49.7 Å². The van der Waals surface area contributed by atoms with Crippen LogP contribution in [0.5, 0.6) is 5.75 Å². The van der Waals surface area contributed by atoms with E-state index in [2.05, 4.69) is 14.1 Å². The molecule has 1 heterocycles. The number of Topliss-reactive ketones (excluding diaryl/α,β-unsaturated/α-hetero) is 1. The third-order valence-electron chi connectivity index (χ3n) is 3.98. The summed E-state index contributed by atoms with van der Waals surface area (Å²) in [5, 5.41) is 2.67. The Kier molecular flexibility index (Phi) is 6.85. The lowest BCUT2D eigenvalue weighted by atomic mass is 10.1. The Morgan fingerprint density at radius 3 is 2.62 bits per heavy atom. The third-order valence-corrected chi connectivity index (χ3v) is 4.52. The number of amides is 1. The smallest absolute Gasteiger partial charge is 0.306 e. The summed E-state index contributed by atoms with van der Waals surface area (Å²) in [6.45, 7) is 1.44. The van der Waals surface area contributed by atoms with E-state index in [4.69, 9.17) is 9.47 Å². The number of hydrogen-bond acceptors (Lipinski definition) is 8. The number of esters is 1. The maximum absolute atomic E-state index is 12.0. The summed E-state index contributed by atoms with van der Waals surface area (Å²) in [4.78, 5) is 35.0. The number of hydrogen-bond donors (Lipinski definition) is 1. The minimum absolute atomic E-state index is 0.0109. The predicted molar refractivity (Wildman–Crippen MR) is 108 cm³/mol. The van der Waals surface area contributed by atoms with Crippen molar-refractivity contribution in [3.8, 4) is 5.75 Å². The first-order valence-electron chi connectivity index (χ1n) is 8.93. The van der Waals surface area contributed by atoms with E-state index in [1.807, 2.05) is 0 Å². The van der Waals surface area contributed by atoms with Crippen molar-refractivity contribution in [2.24, 2.45) is 0 Å². The fourth-order valence-corrected chi connectivity index (χ4v) is 3.05. The molecule has 3 rings (SSSR count). The number of nitrogens with one attached hydrogen (secondary N) is 1. The molecule has 0 unspecified atom stereocenters. The van der Waals surface area contributed by atoms with Crippen LogP contribution in [0.4, 0.5) is 5.69 Å². The van der Waals surface area contributed by atoms with Gasteiger partial charge < -0.3 is 14.8 Å². The summed E-state index contributed by atoms with van der Waals surface area (Å²) >= 11 is 1.06. The third kappa shape index (κ3) is 5.82. The molecule has 0 fully saturated rings. The summed E-state index contributed by atoms with van der Waals surface area (Å²) in [5.41, 5.74) is 2.44. The quantitative estimate of drug-likeness (QED) is 0.326. The van der Waals surface area contributed by atoms with Crippen molar-refractivity contribution in [2.75, 3.05) is 18.5 Å². The second kappa shape index (κ2) is 9.74. The summed E-state index contributed by atoms with van der Waals surface area (Å²) < 4.78 is 18.7. The maximum atomic E-state index is 12.0. The van der Waals surface area contributed by atoms with Crippen LogP contribution >= 0.6 is 11.7 Å². The highest BCUT2D eigenvalue weighted by molar-refractivity contribution is 7.00. The van der Waals surface area contributed by atoms with Crippen LogP contribution in [0.25, 0.3) is 11.0 Å². The molecule has 2 aromatic carbocycles. The Hall–Kier alpha value is -3.33. The van der Waals surface area contributed by atoms with Crippen molar-refractivity contribution in [1.29, 1.82) is 0 Å².